The summed E-state index contributed by atoms with van der Waals surface area (Å²) in [6.07, 6.45) is 17.9. The van der Waals surface area contributed by atoms with Gasteiger partial charge in [0.05, 0.1) is 0 Å². The van der Waals surface area contributed by atoms with E-state index in [0.717, 1.165) is 6.54 Å². The van der Waals surface area contributed by atoms with Crippen molar-refractivity contribution in [3.63, 3.8) is 0 Å². The highest BCUT2D eigenvalue weighted by Gasteiger charge is 2.09. The quantitative estimate of drug-likeness (QED) is 0.317. The molecule has 0 fully saturated rings. The van der Waals surface area contributed by atoms with Crippen molar-refractivity contribution in [2.75, 3.05) is 0 Å². The Hall–Kier alpha value is -1.63. The molecule has 0 aliphatic heterocycles. The Morgan fingerprint density at radius 1 is 0.640 bits per heavy atom. The second kappa shape index (κ2) is 11.8. The predicted octanol–water partition coefficient (Wildman–Crippen LogP) is 6.27. The molecule has 0 atom stereocenters. The minimum Gasteiger partial charge on any atom is -0.200 e. The lowest BCUT2D eigenvalue weighted by atomic mass is 10.0. The van der Waals surface area contributed by atoms with E-state index in [1.165, 1.54) is 80.9 Å². The highest BCUT2D eigenvalue weighted by Crippen LogP contribution is 2.12. The summed E-state index contributed by atoms with van der Waals surface area (Å²) in [5, 5.41) is 0. The maximum absolute atomic E-state index is 2.46. The van der Waals surface area contributed by atoms with Crippen LogP contribution in [0, 0.1) is 0 Å². The molecule has 0 bridgehead atoms. The molecule has 1 aromatic carbocycles. The fraction of sp³-hybridized carbons (Fsp3) is 0.542. The van der Waals surface area contributed by atoms with Crippen LogP contribution in [0.3, 0.4) is 0 Å². The van der Waals surface area contributed by atoms with E-state index < -0.39 is 0 Å². The van der Waals surface area contributed by atoms with Gasteiger partial charge in [-0.1, -0.05) is 82.7 Å². The number of hydrogen-bond donors (Lipinski definition) is 0. The third-order valence-electron chi connectivity index (χ3n) is 4.88. The monoisotopic (exact) mass is 338 g/mol. The molecule has 0 amide bonds. The van der Waals surface area contributed by atoms with Gasteiger partial charge in [-0.25, -0.2) is 4.57 Å². The number of aryl methyl sites for hydroxylation is 2. The van der Waals surface area contributed by atoms with E-state index in [-0.39, 0.29) is 0 Å². The fourth-order valence-electron chi connectivity index (χ4n) is 3.45. The summed E-state index contributed by atoms with van der Waals surface area (Å²) in [4.78, 5) is 0. The molecule has 0 N–H and O–H groups in total. The summed E-state index contributed by atoms with van der Waals surface area (Å²) in [5.74, 6) is 0. The lowest BCUT2D eigenvalue weighted by Gasteiger charge is -2.07. The molecular weight excluding hydrogens is 302 g/mol. The van der Waals surface area contributed by atoms with Gasteiger partial charge in [-0.05, 0) is 31.7 Å². The van der Waals surface area contributed by atoms with Gasteiger partial charge in [-0.2, -0.15) is 0 Å². The molecule has 0 radical (unpaired) electrons. The van der Waals surface area contributed by atoms with E-state index in [0.29, 0.717) is 0 Å². The second-order valence-corrected chi connectivity index (χ2v) is 7.33. The molecule has 1 heteroatoms. The minimum atomic E-state index is 0.978. The number of nitrogens with zero attached hydrogens (tertiary/aromatic N) is 1. The average Bonchev–Trinajstić information content (AvgIpc) is 2.63. The molecule has 0 spiro atoms. The highest BCUT2D eigenvalue weighted by atomic mass is 14.9. The normalized spacial score (nSPS) is 11.0. The zero-order chi connectivity index (χ0) is 17.7. The van der Waals surface area contributed by atoms with E-state index in [9.17, 15) is 0 Å². The first-order chi connectivity index (χ1) is 12.3. The van der Waals surface area contributed by atoms with Crippen LogP contribution in [0.25, 0.3) is 0 Å². The van der Waals surface area contributed by atoms with Crippen LogP contribution in [0.5, 0.6) is 0 Å². The summed E-state index contributed by atoms with van der Waals surface area (Å²) in [6, 6.07) is 13.3. The van der Waals surface area contributed by atoms with Gasteiger partial charge >= 0.3 is 0 Å². The van der Waals surface area contributed by atoms with Crippen LogP contribution < -0.4 is 4.57 Å². The first kappa shape index (κ1) is 19.7. The van der Waals surface area contributed by atoms with Crippen molar-refractivity contribution < 1.29 is 4.57 Å². The average molecular weight is 339 g/mol. The van der Waals surface area contributed by atoms with Gasteiger partial charge in [-0.3, -0.25) is 0 Å². The van der Waals surface area contributed by atoms with Crippen LogP contribution in [0.1, 0.15) is 81.9 Å². The summed E-state index contributed by atoms with van der Waals surface area (Å²) >= 11 is 0. The number of benzene rings is 1. The Kier molecular flexibility index (Phi) is 9.33. The van der Waals surface area contributed by atoms with Gasteiger partial charge in [0.25, 0.3) is 0 Å². The van der Waals surface area contributed by atoms with Crippen LogP contribution in [-0.2, 0) is 19.4 Å². The molecule has 1 aromatic heterocycles. The van der Waals surface area contributed by atoms with Crippen molar-refractivity contribution in [2.45, 2.75) is 84.6 Å². The van der Waals surface area contributed by atoms with Crippen molar-refractivity contribution in [1.29, 1.82) is 0 Å². The fourth-order valence-corrected chi connectivity index (χ4v) is 3.45. The number of aromatic nitrogens is 1. The summed E-state index contributed by atoms with van der Waals surface area (Å²) in [6.45, 7) is 5.54. The highest BCUT2D eigenvalue weighted by molar-refractivity contribution is 5.17. The Morgan fingerprint density at radius 3 is 1.72 bits per heavy atom. The van der Waals surface area contributed by atoms with Crippen LogP contribution in [0.4, 0.5) is 0 Å². The molecule has 0 unspecified atom stereocenters. The Labute approximate surface area is 155 Å². The van der Waals surface area contributed by atoms with Gasteiger partial charge in [-0.15, -0.1) is 0 Å². The van der Waals surface area contributed by atoms with Gasteiger partial charge < -0.3 is 0 Å². The van der Waals surface area contributed by atoms with Gasteiger partial charge in [0.2, 0.25) is 0 Å². The zero-order valence-electron chi connectivity index (χ0n) is 16.3. The van der Waals surface area contributed by atoms with E-state index in [1.54, 1.807) is 0 Å². The molecule has 25 heavy (non-hydrogen) atoms. The largest absolute Gasteiger partial charge is 0.200 e. The van der Waals surface area contributed by atoms with Crippen molar-refractivity contribution in [3.05, 3.63) is 65.5 Å². The number of unbranched alkanes of at least 4 members (excludes halogenated alkanes) is 6. The third kappa shape index (κ3) is 7.86. The van der Waals surface area contributed by atoms with E-state index in [4.69, 9.17) is 0 Å². The van der Waals surface area contributed by atoms with E-state index >= 15 is 0 Å². The molecule has 1 nitrogen and oxygen atoms in total. The van der Waals surface area contributed by atoms with Gasteiger partial charge in [0, 0.05) is 16.7 Å². The lowest BCUT2D eigenvalue weighted by molar-refractivity contribution is -0.689. The molecule has 136 valence electrons. The first-order valence-electron chi connectivity index (χ1n) is 10.4. The molecule has 0 aliphatic rings. The van der Waals surface area contributed by atoms with Crippen molar-refractivity contribution in [2.24, 2.45) is 0 Å². The number of rotatable bonds is 12. The Morgan fingerprint density at radius 2 is 1.20 bits per heavy atom. The molecular formula is C24H36N+. The second-order valence-electron chi connectivity index (χ2n) is 7.33. The maximum atomic E-state index is 2.46. The lowest BCUT2D eigenvalue weighted by Crippen LogP contribution is -2.35. The summed E-state index contributed by atoms with van der Waals surface area (Å²) in [7, 11) is 0. The minimum absolute atomic E-state index is 0.978. The molecule has 0 saturated carbocycles. The van der Waals surface area contributed by atoms with Crippen molar-refractivity contribution in [3.8, 4) is 0 Å². The van der Waals surface area contributed by atoms with Crippen LogP contribution in [0.15, 0.2) is 48.8 Å². The van der Waals surface area contributed by atoms with Gasteiger partial charge in [0.1, 0.15) is 0 Å². The van der Waals surface area contributed by atoms with Crippen LogP contribution in [0.2, 0.25) is 0 Å². The molecule has 1 heterocycles. The first-order valence-corrected chi connectivity index (χ1v) is 10.4. The molecule has 2 rings (SSSR count). The standard InChI is InChI=1S/C24H36N/c1-3-5-7-10-16-23-18-24(17-11-8-6-4-2)21-25(20-23)19-22-14-12-9-13-15-22/h9,12-15,18,20-21H,3-8,10-11,16-17,19H2,1-2H3/q+1. The molecule has 0 saturated heterocycles. The van der Waals surface area contributed by atoms with Gasteiger partial charge in [0.15, 0.2) is 18.9 Å². The molecule has 2 aromatic rings. The van der Waals surface area contributed by atoms with Crippen molar-refractivity contribution >= 4 is 0 Å². The summed E-state index contributed by atoms with van der Waals surface area (Å²) in [5.41, 5.74) is 4.41. The van der Waals surface area contributed by atoms with E-state index in [1.807, 2.05) is 0 Å². The summed E-state index contributed by atoms with van der Waals surface area (Å²) < 4.78 is 2.40. The molecule has 0 aliphatic carbocycles. The zero-order valence-corrected chi connectivity index (χ0v) is 16.3. The predicted molar refractivity (Wildman–Crippen MR) is 108 cm³/mol. The van der Waals surface area contributed by atoms with Crippen LogP contribution in [-0.4, -0.2) is 0 Å². The Balaban J connectivity index is 2.04. The SMILES string of the molecule is CCCCCCc1cc(CCCCCC)c[n+](Cc2ccccc2)c1. The van der Waals surface area contributed by atoms with Crippen molar-refractivity contribution in [1.82, 2.24) is 0 Å². The number of hydrogen-bond acceptors (Lipinski definition) is 0. The smallest absolute Gasteiger partial charge is 0.173 e. The number of pyridine rings is 1. The Bertz CT molecular complexity index is 558. The maximum Gasteiger partial charge on any atom is 0.173 e. The van der Waals surface area contributed by atoms with Crippen LogP contribution >= 0.6 is 0 Å². The topological polar surface area (TPSA) is 3.88 Å². The third-order valence-corrected chi connectivity index (χ3v) is 4.88. The van der Waals surface area contributed by atoms with E-state index in [2.05, 4.69) is 67.2 Å².